The molecule has 0 bridgehead atoms. The van der Waals surface area contributed by atoms with Crippen LogP contribution in [0.4, 0.5) is 4.39 Å². The Labute approximate surface area is 88.7 Å². The number of hydrogen-bond acceptors (Lipinski definition) is 1. The molecule has 0 aromatic heterocycles. The van der Waals surface area contributed by atoms with E-state index < -0.39 is 11.4 Å². The molecule has 0 aliphatic rings. The highest BCUT2D eigenvalue weighted by molar-refractivity contribution is 5.68. The van der Waals surface area contributed by atoms with E-state index >= 15 is 0 Å². The van der Waals surface area contributed by atoms with Gasteiger partial charge < -0.3 is 5.11 Å². The van der Waals surface area contributed by atoms with Gasteiger partial charge in [0.25, 0.3) is 0 Å². The van der Waals surface area contributed by atoms with E-state index in [0.29, 0.717) is 11.1 Å². The van der Waals surface area contributed by atoms with E-state index in [1.165, 1.54) is 6.07 Å². The van der Waals surface area contributed by atoms with Gasteiger partial charge in [0.2, 0.25) is 0 Å². The molecule has 2 nitrogen and oxygen atoms in total. The monoisotopic (exact) mass is 210 g/mol. The van der Waals surface area contributed by atoms with Gasteiger partial charge in [0.1, 0.15) is 5.82 Å². The fourth-order valence-electron chi connectivity index (χ4n) is 1.49. The predicted molar refractivity (Wildman–Crippen MR) is 56.4 cm³/mol. The first-order valence-electron chi connectivity index (χ1n) is 4.81. The number of aryl methyl sites for hydroxylation is 1. The molecule has 0 radical (unpaired) electrons. The minimum Gasteiger partial charge on any atom is -0.481 e. The second-order valence-corrected chi connectivity index (χ2v) is 4.42. The van der Waals surface area contributed by atoms with Crippen LogP contribution in [0.3, 0.4) is 0 Å². The Hall–Kier alpha value is -1.38. The summed E-state index contributed by atoms with van der Waals surface area (Å²) in [5, 5.41) is 8.74. The predicted octanol–water partition coefficient (Wildman–Crippen LogP) is 2.89. The maximum absolute atomic E-state index is 13.3. The minimum absolute atomic E-state index is 0.00446. The van der Waals surface area contributed by atoms with Gasteiger partial charge in [-0.1, -0.05) is 26.0 Å². The van der Waals surface area contributed by atoms with E-state index in [0.717, 1.165) is 0 Å². The highest BCUT2D eigenvalue weighted by Gasteiger charge is 2.24. The Morgan fingerprint density at radius 2 is 2.07 bits per heavy atom. The van der Waals surface area contributed by atoms with Crippen molar-refractivity contribution in [2.45, 2.75) is 32.6 Å². The summed E-state index contributed by atoms with van der Waals surface area (Å²) in [5.74, 6) is -1.16. The van der Waals surface area contributed by atoms with Crippen molar-refractivity contribution in [3.8, 4) is 0 Å². The Bertz CT molecular complexity index is 383. The summed E-state index contributed by atoms with van der Waals surface area (Å²) in [6, 6.07) is 4.87. The van der Waals surface area contributed by atoms with Gasteiger partial charge in [0.15, 0.2) is 0 Å². The molecule has 0 aliphatic heterocycles. The average molecular weight is 210 g/mol. The summed E-state index contributed by atoms with van der Waals surface area (Å²) in [6.07, 6.45) is -0.00446. The normalized spacial score (nSPS) is 11.5. The zero-order valence-corrected chi connectivity index (χ0v) is 9.17. The number of carboxylic acids is 1. The van der Waals surface area contributed by atoms with Crippen molar-refractivity contribution in [1.82, 2.24) is 0 Å². The molecule has 82 valence electrons. The van der Waals surface area contributed by atoms with Crippen LogP contribution in [0.5, 0.6) is 0 Å². The van der Waals surface area contributed by atoms with Crippen molar-refractivity contribution in [3.05, 3.63) is 35.1 Å². The first-order chi connectivity index (χ1) is 6.83. The van der Waals surface area contributed by atoms with Crippen LogP contribution in [0, 0.1) is 12.7 Å². The summed E-state index contributed by atoms with van der Waals surface area (Å²) < 4.78 is 13.3. The summed E-state index contributed by atoms with van der Waals surface area (Å²) in [6.45, 7) is 5.28. The largest absolute Gasteiger partial charge is 0.481 e. The van der Waals surface area contributed by atoms with Crippen molar-refractivity contribution >= 4 is 5.97 Å². The zero-order chi connectivity index (χ0) is 11.6. The van der Waals surface area contributed by atoms with E-state index in [2.05, 4.69) is 0 Å². The second-order valence-electron chi connectivity index (χ2n) is 4.42. The lowest BCUT2D eigenvalue weighted by atomic mass is 9.81. The molecule has 0 saturated heterocycles. The molecule has 15 heavy (non-hydrogen) atoms. The van der Waals surface area contributed by atoms with Crippen LogP contribution >= 0.6 is 0 Å². The lowest BCUT2D eigenvalue weighted by Gasteiger charge is -2.23. The number of carboxylic acid groups (broad SMARTS) is 1. The smallest absolute Gasteiger partial charge is 0.304 e. The van der Waals surface area contributed by atoms with Crippen LogP contribution in [-0.4, -0.2) is 11.1 Å². The van der Waals surface area contributed by atoms with Gasteiger partial charge in [0, 0.05) is 5.41 Å². The third kappa shape index (κ3) is 2.78. The molecule has 0 heterocycles. The van der Waals surface area contributed by atoms with Crippen molar-refractivity contribution in [2.75, 3.05) is 0 Å². The lowest BCUT2D eigenvalue weighted by Crippen LogP contribution is -2.21. The van der Waals surface area contributed by atoms with Gasteiger partial charge in [-0.3, -0.25) is 4.79 Å². The number of hydrogen-bond donors (Lipinski definition) is 1. The Balaban J connectivity index is 3.04. The van der Waals surface area contributed by atoms with Crippen LogP contribution in [-0.2, 0) is 10.2 Å². The Morgan fingerprint density at radius 1 is 1.47 bits per heavy atom. The molecule has 0 fully saturated rings. The van der Waals surface area contributed by atoms with Gasteiger partial charge in [-0.2, -0.15) is 0 Å². The maximum Gasteiger partial charge on any atom is 0.304 e. The molecule has 1 rings (SSSR count). The lowest BCUT2D eigenvalue weighted by molar-refractivity contribution is -0.138. The minimum atomic E-state index is -0.874. The second kappa shape index (κ2) is 4.01. The van der Waals surface area contributed by atoms with Crippen LogP contribution in [0.25, 0.3) is 0 Å². The number of carbonyl (C=O) groups is 1. The quantitative estimate of drug-likeness (QED) is 0.832. The van der Waals surface area contributed by atoms with Crippen LogP contribution in [0.1, 0.15) is 31.4 Å². The van der Waals surface area contributed by atoms with Gasteiger partial charge in [-0.05, 0) is 24.1 Å². The highest BCUT2D eigenvalue weighted by Crippen LogP contribution is 2.28. The molecule has 0 atom stereocenters. The topological polar surface area (TPSA) is 37.3 Å². The SMILES string of the molecule is Cc1ccc(C(C)(C)CC(=O)O)cc1F. The van der Waals surface area contributed by atoms with E-state index in [1.54, 1.807) is 32.9 Å². The molecule has 3 heteroatoms. The van der Waals surface area contributed by atoms with Crippen molar-refractivity contribution < 1.29 is 14.3 Å². The Kier molecular flexibility index (Phi) is 3.12. The first-order valence-corrected chi connectivity index (χ1v) is 4.81. The number of halogens is 1. The van der Waals surface area contributed by atoms with Gasteiger partial charge >= 0.3 is 5.97 Å². The van der Waals surface area contributed by atoms with E-state index in [9.17, 15) is 9.18 Å². The highest BCUT2D eigenvalue weighted by atomic mass is 19.1. The molecular formula is C12H15FO2. The van der Waals surface area contributed by atoms with Crippen LogP contribution in [0.2, 0.25) is 0 Å². The van der Waals surface area contributed by atoms with E-state index in [4.69, 9.17) is 5.11 Å². The Morgan fingerprint density at radius 3 is 2.53 bits per heavy atom. The molecular weight excluding hydrogens is 195 g/mol. The van der Waals surface area contributed by atoms with Crippen LogP contribution < -0.4 is 0 Å². The number of aliphatic carboxylic acids is 1. The summed E-state index contributed by atoms with van der Waals surface area (Å²) in [7, 11) is 0. The third-order valence-electron chi connectivity index (χ3n) is 2.55. The fourth-order valence-corrected chi connectivity index (χ4v) is 1.49. The van der Waals surface area contributed by atoms with Gasteiger partial charge in [-0.25, -0.2) is 4.39 Å². The molecule has 0 saturated carbocycles. The standard InChI is InChI=1S/C12H15FO2/c1-8-4-5-9(6-10(8)13)12(2,3)7-11(14)15/h4-6H,7H2,1-3H3,(H,14,15). The molecule has 1 aromatic carbocycles. The van der Waals surface area contributed by atoms with Crippen molar-refractivity contribution in [2.24, 2.45) is 0 Å². The molecule has 1 N–H and O–H groups in total. The fraction of sp³-hybridized carbons (Fsp3) is 0.417. The third-order valence-corrected chi connectivity index (χ3v) is 2.55. The zero-order valence-electron chi connectivity index (χ0n) is 9.17. The summed E-state index contributed by atoms with van der Waals surface area (Å²) >= 11 is 0. The van der Waals surface area contributed by atoms with Gasteiger partial charge in [-0.15, -0.1) is 0 Å². The molecule has 0 aliphatic carbocycles. The molecule has 0 spiro atoms. The number of rotatable bonds is 3. The van der Waals surface area contributed by atoms with Crippen molar-refractivity contribution in [3.63, 3.8) is 0 Å². The molecule has 1 aromatic rings. The summed E-state index contributed by atoms with van der Waals surface area (Å²) in [4.78, 5) is 10.6. The van der Waals surface area contributed by atoms with E-state index in [-0.39, 0.29) is 12.2 Å². The van der Waals surface area contributed by atoms with Gasteiger partial charge in [0.05, 0.1) is 6.42 Å². The van der Waals surface area contributed by atoms with E-state index in [1.807, 2.05) is 0 Å². The van der Waals surface area contributed by atoms with Crippen molar-refractivity contribution in [1.29, 1.82) is 0 Å². The summed E-state index contributed by atoms with van der Waals surface area (Å²) in [5.41, 5.74) is 0.748. The molecule has 0 amide bonds. The maximum atomic E-state index is 13.3. The first kappa shape index (κ1) is 11.7. The average Bonchev–Trinajstić information content (AvgIpc) is 2.07. The van der Waals surface area contributed by atoms with Crippen LogP contribution in [0.15, 0.2) is 18.2 Å². The molecule has 0 unspecified atom stereocenters. The number of benzene rings is 1.